The van der Waals surface area contributed by atoms with Gasteiger partial charge in [-0.05, 0) is 31.2 Å². The molecular weight excluding hydrogens is 423 g/mol. The Labute approximate surface area is 182 Å². The Bertz CT molecular complexity index is 1060. The molecule has 0 spiro atoms. The summed E-state index contributed by atoms with van der Waals surface area (Å²) in [4.78, 5) is 20.1. The van der Waals surface area contributed by atoms with E-state index in [-0.39, 0.29) is 12.3 Å². The lowest BCUT2D eigenvalue weighted by Crippen LogP contribution is -2.49. The van der Waals surface area contributed by atoms with E-state index in [0.29, 0.717) is 50.2 Å². The fraction of sp³-hybridized carbons (Fsp3) is 0.364. The number of benzene rings is 1. The fourth-order valence-electron chi connectivity index (χ4n) is 3.47. The van der Waals surface area contributed by atoms with E-state index in [4.69, 9.17) is 4.42 Å². The number of anilines is 1. The van der Waals surface area contributed by atoms with Crippen LogP contribution in [0.4, 0.5) is 19.0 Å². The Morgan fingerprint density at radius 3 is 2.38 bits per heavy atom. The quantitative estimate of drug-likeness (QED) is 0.596. The topological polar surface area (TPSA) is 75.4 Å². The molecule has 1 aliphatic rings. The highest BCUT2D eigenvalue weighted by molar-refractivity contribution is 5.76. The smallest absolute Gasteiger partial charge is 0.417 e. The summed E-state index contributed by atoms with van der Waals surface area (Å²) in [7, 11) is 0. The number of halogens is 3. The van der Waals surface area contributed by atoms with Gasteiger partial charge in [0.25, 0.3) is 0 Å². The second-order valence-electron chi connectivity index (χ2n) is 7.64. The number of hydrogen-bond donors (Lipinski definition) is 0. The minimum Gasteiger partial charge on any atom is -0.421 e. The van der Waals surface area contributed by atoms with Crippen molar-refractivity contribution in [2.75, 3.05) is 31.1 Å². The Balaban J connectivity index is 1.26. The fourth-order valence-corrected chi connectivity index (χ4v) is 3.47. The highest BCUT2D eigenvalue weighted by Crippen LogP contribution is 2.29. The second-order valence-corrected chi connectivity index (χ2v) is 7.64. The van der Waals surface area contributed by atoms with Crippen molar-refractivity contribution in [3.63, 3.8) is 0 Å². The predicted molar refractivity (Wildman–Crippen MR) is 111 cm³/mol. The monoisotopic (exact) mass is 445 g/mol. The summed E-state index contributed by atoms with van der Waals surface area (Å²) in [5, 5.41) is 8.07. The average Bonchev–Trinajstić information content (AvgIpc) is 3.27. The van der Waals surface area contributed by atoms with E-state index in [1.54, 1.807) is 4.90 Å². The molecule has 0 saturated carbocycles. The zero-order chi connectivity index (χ0) is 22.7. The zero-order valence-corrected chi connectivity index (χ0v) is 17.5. The van der Waals surface area contributed by atoms with E-state index in [0.717, 1.165) is 23.4 Å². The maximum Gasteiger partial charge on any atom is 0.417 e. The molecule has 1 fully saturated rings. The van der Waals surface area contributed by atoms with Crippen molar-refractivity contribution >= 4 is 11.7 Å². The third-order valence-corrected chi connectivity index (χ3v) is 5.35. The van der Waals surface area contributed by atoms with Crippen molar-refractivity contribution in [2.45, 2.75) is 25.9 Å². The first-order valence-electron chi connectivity index (χ1n) is 10.2. The third kappa shape index (κ3) is 5.06. The lowest BCUT2D eigenvalue weighted by Gasteiger charge is -2.35. The minimum absolute atomic E-state index is 0.0277. The highest BCUT2D eigenvalue weighted by Gasteiger charge is 2.31. The van der Waals surface area contributed by atoms with Gasteiger partial charge in [-0.2, -0.15) is 13.2 Å². The maximum absolute atomic E-state index is 12.7. The summed E-state index contributed by atoms with van der Waals surface area (Å²) < 4.78 is 43.7. The number of hydrogen-bond acceptors (Lipinski definition) is 6. The molecule has 0 unspecified atom stereocenters. The molecule has 3 aromatic rings. The minimum atomic E-state index is -4.41. The van der Waals surface area contributed by atoms with Gasteiger partial charge in [-0.15, -0.1) is 10.2 Å². The summed E-state index contributed by atoms with van der Waals surface area (Å²) in [6, 6.07) is 10.1. The molecule has 0 aliphatic carbocycles. The van der Waals surface area contributed by atoms with Crippen LogP contribution in [0, 0.1) is 6.92 Å². The van der Waals surface area contributed by atoms with E-state index in [1.807, 2.05) is 36.1 Å². The molecule has 1 amide bonds. The van der Waals surface area contributed by atoms with Gasteiger partial charge in [0.1, 0.15) is 5.82 Å². The molecule has 0 radical (unpaired) electrons. The molecule has 1 aliphatic heterocycles. The van der Waals surface area contributed by atoms with Crippen molar-refractivity contribution in [1.29, 1.82) is 0 Å². The van der Waals surface area contributed by atoms with Gasteiger partial charge in [-0.25, -0.2) is 4.98 Å². The predicted octanol–water partition coefficient (Wildman–Crippen LogP) is 3.74. The molecule has 3 heterocycles. The van der Waals surface area contributed by atoms with Gasteiger partial charge in [0.15, 0.2) is 0 Å². The van der Waals surface area contributed by atoms with Crippen LogP contribution < -0.4 is 4.90 Å². The summed E-state index contributed by atoms with van der Waals surface area (Å²) in [5.74, 6) is 1.27. The van der Waals surface area contributed by atoms with Crippen LogP contribution in [0.1, 0.15) is 23.4 Å². The van der Waals surface area contributed by atoms with E-state index in [2.05, 4.69) is 15.2 Å². The molecule has 1 aromatic carbocycles. The average molecular weight is 445 g/mol. The van der Waals surface area contributed by atoms with Crippen LogP contribution in [0.3, 0.4) is 0 Å². The Kier molecular flexibility index (Phi) is 6.11. The highest BCUT2D eigenvalue weighted by atomic mass is 19.4. The van der Waals surface area contributed by atoms with Gasteiger partial charge in [0.2, 0.25) is 17.7 Å². The van der Waals surface area contributed by atoms with Crippen LogP contribution in [-0.2, 0) is 17.4 Å². The number of aromatic nitrogens is 3. The SMILES string of the molecule is Cc1ccc(-c2nnc(CCC(=O)N3CCN(c4ccc(C(F)(F)F)cn4)CC3)o2)cc1. The molecule has 32 heavy (non-hydrogen) atoms. The number of carbonyl (C=O) groups is 1. The van der Waals surface area contributed by atoms with Gasteiger partial charge in [-0.3, -0.25) is 4.79 Å². The lowest BCUT2D eigenvalue weighted by atomic mass is 10.1. The van der Waals surface area contributed by atoms with Crippen molar-refractivity contribution in [3.05, 3.63) is 59.6 Å². The van der Waals surface area contributed by atoms with E-state index >= 15 is 0 Å². The number of nitrogens with zero attached hydrogens (tertiary/aromatic N) is 5. The van der Waals surface area contributed by atoms with Crippen molar-refractivity contribution in [3.8, 4) is 11.5 Å². The normalized spacial score (nSPS) is 14.6. The van der Waals surface area contributed by atoms with Gasteiger partial charge < -0.3 is 14.2 Å². The van der Waals surface area contributed by atoms with Crippen LogP contribution in [0.15, 0.2) is 47.0 Å². The van der Waals surface area contributed by atoms with Crippen molar-refractivity contribution in [1.82, 2.24) is 20.1 Å². The Morgan fingerprint density at radius 2 is 1.75 bits per heavy atom. The summed E-state index contributed by atoms with van der Waals surface area (Å²) in [6.45, 7) is 3.94. The van der Waals surface area contributed by atoms with Crippen LogP contribution in [0.2, 0.25) is 0 Å². The van der Waals surface area contributed by atoms with Crippen molar-refractivity contribution < 1.29 is 22.4 Å². The Morgan fingerprint density at radius 1 is 1.03 bits per heavy atom. The molecule has 0 bridgehead atoms. The molecule has 2 aromatic heterocycles. The number of aryl methyl sites for hydroxylation is 2. The first-order valence-corrected chi connectivity index (χ1v) is 10.2. The third-order valence-electron chi connectivity index (χ3n) is 5.35. The molecule has 168 valence electrons. The van der Waals surface area contributed by atoms with Crippen LogP contribution in [0.5, 0.6) is 0 Å². The molecule has 4 rings (SSSR count). The number of piperazine rings is 1. The van der Waals surface area contributed by atoms with Gasteiger partial charge >= 0.3 is 6.18 Å². The van der Waals surface area contributed by atoms with Crippen LogP contribution in [-0.4, -0.2) is 52.2 Å². The number of carbonyl (C=O) groups excluding carboxylic acids is 1. The maximum atomic E-state index is 12.7. The molecule has 10 heteroatoms. The largest absolute Gasteiger partial charge is 0.421 e. The summed E-state index contributed by atoms with van der Waals surface area (Å²) in [6.07, 6.45) is -2.98. The number of alkyl halides is 3. The molecule has 1 saturated heterocycles. The zero-order valence-electron chi connectivity index (χ0n) is 17.5. The second kappa shape index (κ2) is 8.97. The van der Waals surface area contributed by atoms with E-state index < -0.39 is 11.7 Å². The number of amides is 1. The van der Waals surface area contributed by atoms with Gasteiger partial charge in [0, 0.05) is 50.8 Å². The van der Waals surface area contributed by atoms with E-state index in [9.17, 15) is 18.0 Å². The summed E-state index contributed by atoms with van der Waals surface area (Å²) in [5.41, 5.74) is 1.18. The molecule has 0 N–H and O–H groups in total. The van der Waals surface area contributed by atoms with Crippen LogP contribution >= 0.6 is 0 Å². The molecular formula is C22H22F3N5O2. The van der Waals surface area contributed by atoms with E-state index in [1.165, 1.54) is 6.07 Å². The first kappa shape index (κ1) is 21.8. The summed E-state index contributed by atoms with van der Waals surface area (Å²) >= 11 is 0. The van der Waals surface area contributed by atoms with Crippen LogP contribution in [0.25, 0.3) is 11.5 Å². The first-order chi connectivity index (χ1) is 15.3. The molecule has 0 atom stereocenters. The molecule has 7 nitrogen and oxygen atoms in total. The Hall–Kier alpha value is -3.43. The van der Waals surface area contributed by atoms with Gasteiger partial charge in [0.05, 0.1) is 5.56 Å². The number of rotatable bonds is 5. The lowest BCUT2D eigenvalue weighted by molar-refractivity contribution is -0.137. The van der Waals surface area contributed by atoms with Gasteiger partial charge in [-0.1, -0.05) is 17.7 Å². The standard InChI is InChI=1S/C22H22F3N5O2/c1-15-2-4-16(5-3-15)21-28-27-19(32-21)8-9-20(31)30-12-10-29(11-13-30)18-7-6-17(14-26-18)22(23,24)25/h2-7,14H,8-13H2,1H3. The van der Waals surface area contributed by atoms with Crippen molar-refractivity contribution in [2.24, 2.45) is 0 Å². The number of pyridine rings is 1.